The van der Waals surface area contributed by atoms with Crippen molar-refractivity contribution in [3.63, 3.8) is 0 Å². The zero-order valence-corrected chi connectivity index (χ0v) is 11.6. The van der Waals surface area contributed by atoms with E-state index in [0.717, 1.165) is 18.5 Å². The molecule has 1 atom stereocenters. The molecule has 1 amide bonds. The van der Waals surface area contributed by atoms with E-state index >= 15 is 0 Å². The summed E-state index contributed by atoms with van der Waals surface area (Å²) in [6, 6.07) is 1.82. The van der Waals surface area contributed by atoms with Gasteiger partial charge in [0.15, 0.2) is 0 Å². The summed E-state index contributed by atoms with van der Waals surface area (Å²) in [6.45, 7) is 8.04. The number of amides is 1. The smallest absolute Gasteiger partial charge is 0.269 e. The number of nitrogens with one attached hydrogen (secondary N) is 1. The Labute approximate surface area is 109 Å². The highest BCUT2D eigenvalue weighted by Gasteiger charge is 2.14. The maximum Gasteiger partial charge on any atom is 0.269 e. The fourth-order valence-corrected chi connectivity index (χ4v) is 1.98. The molecule has 0 spiro atoms. The monoisotopic (exact) mass is 252 g/mol. The second-order valence-corrected chi connectivity index (χ2v) is 4.55. The highest BCUT2D eigenvalue weighted by molar-refractivity contribution is 5.92. The van der Waals surface area contributed by atoms with Crippen LogP contribution in [-0.2, 0) is 6.54 Å². The molecule has 0 aromatic carbocycles. The first-order valence-corrected chi connectivity index (χ1v) is 6.65. The summed E-state index contributed by atoms with van der Waals surface area (Å²) in [5.41, 5.74) is 7.05. The average Bonchev–Trinajstić information content (AvgIpc) is 2.75. The van der Waals surface area contributed by atoms with Crippen molar-refractivity contribution in [3.8, 4) is 0 Å². The molecule has 3 N–H and O–H groups in total. The van der Waals surface area contributed by atoms with Crippen molar-refractivity contribution in [1.29, 1.82) is 0 Å². The first kappa shape index (κ1) is 14.7. The van der Waals surface area contributed by atoms with Gasteiger partial charge in [0.2, 0.25) is 0 Å². The quantitative estimate of drug-likeness (QED) is 0.768. The van der Waals surface area contributed by atoms with Crippen LogP contribution in [-0.4, -0.2) is 28.8 Å². The van der Waals surface area contributed by atoms with E-state index in [1.165, 1.54) is 0 Å². The van der Waals surface area contributed by atoms with Crippen LogP contribution < -0.4 is 11.1 Å². The van der Waals surface area contributed by atoms with E-state index in [2.05, 4.69) is 17.3 Å². The maximum atomic E-state index is 12.1. The van der Waals surface area contributed by atoms with Gasteiger partial charge in [-0.2, -0.15) is 5.10 Å². The van der Waals surface area contributed by atoms with Crippen LogP contribution in [0.25, 0.3) is 0 Å². The lowest BCUT2D eigenvalue weighted by atomic mass is 10.0. The summed E-state index contributed by atoms with van der Waals surface area (Å²) in [5, 5.41) is 7.24. The third-order valence-corrected chi connectivity index (χ3v) is 3.14. The van der Waals surface area contributed by atoms with Crippen LogP contribution in [0.3, 0.4) is 0 Å². The van der Waals surface area contributed by atoms with Gasteiger partial charge in [-0.1, -0.05) is 13.3 Å². The van der Waals surface area contributed by atoms with Gasteiger partial charge in [-0.3, -0.25) is 9.48 Å². The van der Waals surface area contributed by atoms with Crippen molar-refractivity contribution in [3.05, 3.63) is 17.5 Å². The summed E-state index contributed by atoms with van der Waals surface area (Å²) < 4.78 is 1.73. The van der Waals surface area contributed by atoms with Gasteiger partial charge in [0, 0.05) is 13.1 Å². The van der Waals surface area contributed by atoms with E-state index in [-0.39, 0.29) is 5.91 Å². The molecule has 0 saturated heterocycles. The predicted octanol–water partition coefficient (Wildman–Crippen LogP) is 1.32. The Morgan fingerprint density at radius 2 is 2.28 bits per heavy atom. The van der Waals surface area contributed by atoms with Crippen molar-refractivity contribution >= 4 is 5.91 Å². The van der Waals surface area contributed by atoms with E-state index in [1.807, 2.05) is 19.9 Å². The topological polar surface area (TPSA) is 72.9 Å². The van der Waals surface area contributed by atoms with Crippen LogP contribution in [0.15, 0.2) is 6.07 Å². The number of nitrogens with zero attached hydrogens (tertiary/aromatic N) is 2. The van der Waals surface area contributed by atoms with E-state index in [1.54, 1.807) is 4.68 Å². The summed E-state index contributed by atoms with van der Waals surface area (Å²) in [4.78, 5) is 12.1. The van der Waals surface area contributed by atoms with E-state index < -0.39 is 0 Å². The molecule has 0 aliphatic rings. The van der Waals surface area contributed by atoms with Crippen molar-refractivity contribution in [1.82, 2.24) is 15.1 Å². The molecule has 1 heterocycles. The van der Waals surface area contributed by atoms with E-state index in [4.69, 9.17) is 5.73 Å². The van der Waals surface area contributed by atoms with Crippen LogP contribution in [0.5, 0.6) is 0 Å². The molecular weight excluding hydrogens is 228 g/mol. The van der Waals surface area contributed by atoms with Crippen molar-refractivity contribution in [2.75, 3.05) is 13.1 Å². The molecular formula is C13H24N4O. The number of nitrogens with two attached hydrogens (primary N) is 1. The summed E-state index contributed by atoms with van der Waals surface area (Å²) in [6.07, 6.45) is 1.98. The second-order valence-electron chi connectivity index (χ2n) is 4.55. The highest BCUT2D eigenvalue weighted by Crippen LogP contribution is 2.07. The third kappa shape index (κ3) is 3.84. The Balaban J connectivity index is 2.59. The molecule has 1 aromatic rings. The fourth-order valence-electron chi connectivity index (χ4n) is 1.98. The van der Waals surface area contributed by atoms with E-state index in [9.17, 15) is 4.79 Å². The molecule has 0 bridgehead atoms. The van der Waals surface area contributed by atoms with Crippen molar-refractivity contribution in [2.24, 2.45) is 11.7 Å². The molecule has 0 radical (unpaired) electrons. The normalized spacial score (nSPS) is 12.4. The molecule has 0 aliphatic heterocycles. The number of aromatic nitrogens is 2. The molecule has 0 aliphatic carbocycles. The first-order valence-electron chi connectivity index (χ1n) is 6.65. The van der Waals surface area contributed by atoms with Gasteiger partial charge in [-0.05, 0) is 38.8 Å². The second kappa shape index (κ2) is 7.16. The Bertz CT molecular complexity index is 386. The van der Waals surface area contributed by atoms with Crippen LogP contribution in [0.1, 0.15) is 42.9 Å². The zero-order chi connectivity index (χ0) is 13.5. The lowest BCUT2D eigenvalue weighted by Crippen LogP contribution is -2.31. The number of hydrogen-bond acceptors (Lipinski definition) is 3. The lowest BCUT2D eigenvalue weighted by molar-refractivity contribution is 0.0935. The Kier molecular flexibility index (Phi) is 5.85. The van der Waals surface area contributed by atoms with Gasteiger partial charge in [0.25, 0.3) is 5.91 Å². The van der Waals surface area contributed by atoms with Gasteiger partial charge < -0.3 is 11.1 Å². The summed E-state index contributed by atoms with van der Waals surface area (Å²) in [5.74, 6) is 0.408. The van der Waals surface area contributed by atoms with Crippen LogP contribution in [0, 0.1) is 12.8 Å². The van der Waals surface area contributed by atoms with Crippen LogP contribution in [0.4, 0.5) is 0 Å². The molecule has 5 nitrogen and oxygen atoms in total. The average molecular weight is 252 g/mol. The summed E-state index contributed by atoms with van der Waals surface area (Å²) >= 11 is 0. The van der Waals surface area contributed by atoms with Gasteiger partial charge in [-0.15, -0.1) is 0 Å². The molecule has 5 heteroatoms. The lowest BCUT2D eigenvalue weighted by Gasteiger charge is -2.14. The molecule has 18 heavy (non-hydrogen) atoms. The Morgan fingerprint density at radius 1 is 1.56 bits per heavy atom. The fraction of sp³-hybridized carbons (Fsp3) is 0.692. The first-order chi connectivity index (χ1) is 8.62. The highest BCUT2D eigenvalue weighted by atomic mass is 16.2. The third-order valence-electron chi connectivity index (χ3n) is 3.14. The molecule has 102 valence electrons. The van der Waals surface area contributed by atoms with E-state index in [0.29, 0.717) is 31.2 Å². The minimum atomic E-state index is -0.0482. The van der Waals surface area contributed by atoms with Gasteiger partial charge in [0.05, 0.1) is 5.69 Å². The van der Waals surface area contributed by atoms with Gasteiger partial charge in [0.1, 0.15) is 5.69 Å². The van der Waals surface area contributed by atoms with Gasteiger partial charge in [-0.25, -0.2) is 0 Å². The maximum absolute atomic E-state index is 12.1. The largest absolute Gasteiger partial charge is 0.350 e. The van der Waals surface area contributed by atoms with Crippen molar-refractivity contribution < 1.29 is 4.79 Å². The molecule has 1 aromatic heterocycles. The minimum absolute atomic E-state index is 0.0482. The Hall–Kier alpha value is -1.36. The van der Waals surface area contributed by atoms with Gasteiger partial charge >= 0.3 is 0 Å². The number of hydrogen-bond donors (Lipinski definition) is 2. The predicted molar refractivity (Wildman–Crippen MR) is 72.4 cm³/mol. The number of rotatable bonds is 7. The SMILES string of the molecule is CCC(CCN)CNC(=O)c1cc(C)nn1CC. The number of carbonyl (C=O) groups excluding carboxylic acids is 1. The zero-order valence-electron chi connectivity index (χ0n) is 11.6. The summed E-state index contributed by atoms with van der Waals surface area (Å²) in [7, 11) is 0. The number of carbonyl (C=O) groups is 1. The molecule has 0 fully saturated rings. The van der Waals surface area contributed by atoms with Crippen LogP contribution >= 0.6 is 0 Å². The minimum Gasteiger partial charge on any atom is -0.350 e. The molecule has 1 rings (SSSR count). The molecule has 0 saturated carbocycles. The number of aryl methyl sites for hydroxylation is 2. The van der Waals surface area contributed by atoms with Crippen LogP contribution in [0.2, 0.25) is 0 Å². The standard InChI is InChI=1S/C13H24N4O/c1-4-11(6-7-14)9-15-13(18)12-8-10(3)16-17(12)5-2/h8,11H,4-7,9,14H2,1-3H3,(H,15,18). The Morgan fingerprint density at radius 3 is 2.83 bits per heavy atom. The van der Waals surface area contributed by atoms with Crippen molar-refractivity contribution in [2.45, 2.75) is 40.2 Å². The molecule has 1 unspecified atom stereocenters.